The standard InChI is InChI=1S/C17H20Cl2N4O2/c1-25-11-13-4-2-3-12(7-13)9-23-17(24)21-6-5-20-16-15(19)8-14(18)10-22-16/h2-4,7-8,10H,5-6,9,11H2,1H3,(H,20,22)(H2,21,23,24). The van der Waals surface area contributed by atoms with Crippen molar-refractivity contribution in [2.45, 2.75) is 13.2 Å². The maximum atomic E-state index is 11.8. The summed E-state index contributed by atoms with van der Waals surface area (Å²) in [6.45, 7) is 1.91. The number of ether oxygens (including phenoxy) is 1. The molecule has 3 N–H and O–H groups in total. The van der Waals surface area contributed by atoms with Crippen LogP contribution in [0.5, 0.6) is 0 Å². The number of hydrogen-bond donors (Lipinski definition) is 3. The molecule has 0 fully saturated rings. The highest BCUT2D eigenvalue weighted by Gasteiger charge is 2.04. The quantitative estimate of drug-likeness (QED) is 0.611. The molecule has 0 atom stereocenters. The fourth-order valence-corrected chi connectivity index (χ4v) is 2.59. The zero-order valence-corrected chi connectivity index (χ0v) is 15.3. The summed E-state index contributed by atoms with van der Waals surface area (Å²) in [5.74, 6) is 0.531. The molecule has 1 aromatic carbocycles. The Morgan fingerprint density at radius 3 is 2.72 bits per heavy atom. The van der Waals surface area contributed by atoms with Crippen molar-refractivity contribution in [3.63, 3.8) is 0 Å². The van der Waals surface area contributed by atoms with Gasteiger partial charge in [0.2, 0.25) is 0 Å². The van der Waals surface area contributed by atoms with Gasteiger partial charge in [-0.15, -0.1) is 0 Å². The van der Waals surface area contributed by atoms with Crippen LogP contribution in [-0.2, 0) is 17.9 Å². The van der Waals surface area contributed by atoms with Crippen molar-refractivity contribution in [2.24, 2.45) is 0 Å². The molecular weight excluding hydrogens is 363 g/mol. The van der Waals surface area contributed by atoms with Crippen LogP contribution in [0, 0.1) is 0 Å². The number of hydrogen-bond acceptors (Lipinski definition) is 4. The summed E-state index contributed by atoms with van der Waals surface area (Å²) in [6, 6.07) is 9.24. The number of anilines is 1. The summed E-state index contributed by atoms with van der Waals surface area (Å²) in [4.78, 5) is 15.9. The Bertz CT molecular complexity index is 713. The fraction of sp³-hybridized carbons (Fsp3) is 0.294. The van der Waals surface area contributed by atoms with Crippen molar-refractivity contribution >= 4 is 35.1 Å². The molecule has 0 unspecified atom stereocenters. The van der Waals surface area contributed by atoms with Gasteiger partial charge in [-0.25, -0.2) is 9.78 Å². The molecular formula is C17H20Cl2N4O2. The fourth-order valence-electron chi connectivity index (χ4n) is 2.14. The van der Waals surface area contributed by atoms with Crippen LogP contribution in [0.2, 0.25) is 10.0 Å². The van der Waals surface area contributed by atoms with Crippen LogP contribution in [0.15, 0.2) is 36.5 Å². The van der Waals surface area contributed by atoms with E-state index in [0.29, 0.717) is 42.1 Å². The monoisotopic (exact) mass is 382 g/mol. The zero-order chi connectivity index (χ0) is 18.1. The van der Waals surface area contributed by atoms with Crippen LogP contribution in [0.3, 0.4) is 0 Å². The Morgan fingerprint density at radius 1 is 1.16 bits per heavy atom. The molecule has 2 amide bonds. The van der Waals surface area contributed by atoms with E-state index in [0.717, 1.165) is 11.1 Å². The first kappa shape index (κ1) is 19.3. The predicted octanol–water partition coefficient (Wildman–Crippen LogP) is 3.45. The lowest BCUT2D eigenvalue weighted by atomic mass is 10.1. The topological polar surface area (TPSA) is 75.3 Å². The number of carbonyl (C=O) groups is 1. The van der Waals surface area contributed by atoms with Crippen molar-refractivity contribution in [2.75, 3.05) is 25.5 Å². The van der Waals surface area contributed by atoms with E-state index in [4.69, 9.17) is 27.9 Å². The third kappa shape index (κ3) is 6.78. The summed E-state index contributed by atoms with van der Waals surface area (Å²) >= 11 is 11.8. The molecule has 0 bridgehead atoms. The van der Waals surface area contributed by atoms with Crippen molar-refractivity contribution in [1.82, 2.24) is 15.6 Å². The molecule has 0 aliphatic rings. The number of aromatic nitrogens is 1. The van der Waals surface area contributed by atoms with Gasteiger partial charge in [-0.2, -0.15) is 0 Å². The minimum absolute atomic E-state index is 0.242. The van der Waals surface area contributed by atoms with Gasteiger partial charge in [-0.3, -0.25) is 0 Å². The number of urea groups is 1. The average molecular weight is 383 g/mol. The Labute approximate surface area is 156 Å². The van der Waals surface area contributed by atoms with Gasteiger partial charge in [0.1, 0.15) is 5.82 Å². The van der Waals surface area contributed by atoms with Crippen LogP contribution in [0.1, 0.15) is 11.1 Å². The maximum Gasteiger partial charge on any atom is 0.315 e. The second-order valence-electron chi connectivity index (χ2n) is 5.27. The van der Waals surface area contributed by atoms with Gasteiger partial charge >= 0.3 is 6.03 Å². The number of methoxy groups -OCH3 is 1. The molecule has 0 saturated carbocycles. The van der Waals surface area contributed by atoms with Gasteiger partial charge in [0.15, 0.2) is 0 Å². The zero-order valence-electron chi connectivity index (χ0n) is 13.8. The van der Waals surface area contributed by atoms with E-state index >= 15 is 0 Å². The van der Waals surface area contributed by atoms with E-state index in [9.17, 15) is 4.79 Å². The maximum absolute atomic E-state index is 11.8. The van der Waals surface area contributed by atoms with Crippen molar-refractivity contribution in [1.29, 1.82) is 0 Å². The number of halogens is 2. The molecule has 25 heavy (non-hydrogen) atoms. The van der Waals surface area contributed by atoms with Crippen molar-refractivity contribution in [3.8, 4) is 0 Å². The third-order valence-electron chi connectivity index (χ3n) is 3.27. The molecule has 0 radical (unpaired) electrons. The van der Waals surface area contributed by atoms with E-state index in [-0.39, 0.29) is 6.03 Å². The summed E-state index contributed by atoms with van der Waals surface area (Å²) < 4.78 is 5.10. The van der Waals surface area contributed by atoms with Gasteiger partial charge in [-0.05, 0) is 17.2 Å². The van der Waals surface area contributed by atoms with Gasteiger partial charge < -0.3 is 20.7 Å². The predicted molar refractivity (Wildman–Crippen MR) is 100 cm³/mol. The molecule has 1 heterocycles. The number of pyridine rings is 1. The lowest BCUT2D eigenvalue weighted by molar-refractivity contribution is 0.185. The molecule has 134 valence electrons. The molecule has 0 spiro atoms. The minimum atomic E-state index is -0.242. The summed E-state index contributed by atoms with van der Waals surface area (Å²) in [5, 5.41) is 9.51. The second kappa shape index (κ2) is 10.1. The first-order valence-corrected chi connectivity index (χ1v) is 8.47. The second-order valence-corrected chi connectivity index (χ2v) is 6.12. The van der Waals surface area contributed by atoms with Gasteiger partial charge in [0, 0.05) is 32.9 Å². The van der Waals surface area contributed by atoms with E-state index in [1.165, 1.54) is 6.20 Å². The summed E-state index contributed by atoms with van der Waals surface area (Å²) in [5.41, 5.74) is 2.08. The van der Waals surface area contributed by atoms with E-state index in [2.05, 4.69) is 20.9 Å². The van der Waals surface area contributed by atoms with Gasteiger partial charge in [0.05, 0.1) is 16.7 Å². The smallest absolute Gasteiger partial charge is 0.315 e. The van der Waals surface area contributed by atoms with Crippen LogP contribution in [0.4, 0.5) is 10.6 Å². The minimum Gasteiger partial charge on any atom is -0.380 e. The Kier molecular flexibility index (Phi) is 7.78. The van der Waals surface area contributed by atoms with Crippen molar-refractivity contribution in [3.05, 3.63) is 57.7 Å². The van der Waals surface area contributed by atoms with E-state index < -0.39 is 0 Å². The normalized spacial score (nSPS) is 10.4. The largest absolute Gasteiger partial charge is 0.380 e. The number of amides is 2. The SMILES string of the molecule is COCc1cccc(CNC(=O)NCCNc2ncc(Cl)cc2Cl)c1. The molecule has 0 saturated heterocycles. The first-order valence-electron chi connectivity index (χ1n) is 7.72. The molecule has 2 aromatic rings. The highest BCUT2D eigenvalue weighted by atomic mass is 35.5. The van der Waals surface area contributed by atoms with Crippen LogP contribution < -0.4 is 16.0 Å². The first-order chi connectivity index (χ1) is 12.1. The lowest BCUT2D eigenvalue weighted by Gasteiger charge is -2.10. The summed E-state index contributed by atoms with van der Waals surface area (Å²) in [7, 11) is 1.65. The lowest BCUT2D eigenvalue weighted by Crippen LogP contribution is -2.37. The summed E-state index contributed by atoms with van der Waals surface area (Å²) in [6.07, 6.45) is 1.51. The van der Waals surface area contributed by atoms with Crippen LogP contribution >= 0.6 is 23.2 Å². The highest BCUT2D eigenvalue weighted by molar-refractivity contribution is 6.35. The Hall–Kier alpha value is -2.02. The van der Waals surface area contributed by atoms with Gasteiger partial charge in [0.25, 0.3) is 0 Å². The number of nitrogens with zero attached hydrogens (tertiary/aromatic N) is 1. The van der Waals surface area contributed by atoms with E-state index in [1.807, 2.05) is 24.3 Å². The number of nitrogens with one attached hydrogen (secondary N) is 3. The third-order valence-corrected chi connectivity index (χ3v) is 3.76. The molecule has 6 nitrogen and oxygen atoms in total. The molecule has 1 aromatic heterocycles. The van der Waals surface area contributed by atoms with Crippen LogP contribution in [0.25, 0.3) is 0 Å². The Balaban J connectivity index is 1.68. The average Bonchev–Trinajstić information content (AvgIpc) is 2.59. The number of benzene rings is 1. The van der Waals surface area contributed by atoms with Crippen molar-refractivity contribution < 1.29 is 9.53 Å². The molecule has 0 aliphatic carbocycles. The number of rotatable bonds is 8. The molecule has 0 aliphatic heterocycles. The number of carbonyl (C=O) groups excluding carboxylic acids is 1. The van der Waals surface area contributed by atoms with Crippen LogP contribution in [-0.4, -0.2) is 31.2 Å². The molecule has 2 rings (SSSR count). The molecule has 8 heteroatoms. The highest BCUT2D eigenvalue weighted by Crippen LogP contribution is 2.21. The Morgan fingerprint density at radius 2 is 1.96 bits per heavy atom. The van der Waals surface area contributed by atoms with Gasteiger partial charge in [-0.1, -0.05) is 47.5 Å². The van der Waals surface area contributed by atoms with E-state index in [1.54, 1.807) is 13.2 Å².